The molecule has 1 aliphatic rings. The summed E-state index contributed by atoms with van der Waals surface area (Å²) in [7, 11) is 0. The molecule has 2 aromatic heterocycles. The molecule has 3 heterocycles. The largest absolute Gasteiger partial charge is 0.460 e. The van der Waals surface area contributed by atoms with E-state index in [1.54, 1.807) is 0 Å². The number of benzene rings is 1. The number of piperidine rings is 1. The van der Waals surface area contributed by atoms with Crippen molar-refractivity contribution in [1.82, 2.24) is 19.9 Å². The van der Waals surface area contributed by atoms with Crippen molar-refractivity contribution in [3.05, 3.63) is 54.2 Å². The van der Waals surface area contributed by atoms with Crippen LogP contribution in [0.4, 0.5) is 16.0 Å². The zero-order chi connectivity index (χ0) is 20.2. The molecule has 3 aromatic rings. The molecule has 0 saturated carbocycles. The van der Waals surface area contributed by atoms with E-state index in [-0.39, 0.29) is 17.9 Å². The Labute approximate surface area is 167 Å². The smallest absolute Gasteiger partial charge is 0.318 e. The first-order valence-electron chi connectivity index (χ1n) is 9.33. The lowest BCUT2D eigenvalue weighted by molar-refractivity contribution is 0.156. The van der Waals surface area contributed by atoms with Crippen molar-refractivity contribution in [1.29, 1.82) is 0 Å². The summed E-state index contributed by atoms with van der Waals surface area (Å²) >= 11 is 0. The first-order chi connectivity index (χ1) is 14.1. The van der Waals surface area contributed by atoms with E-state index < -0.39 is 5.82 Å². The van der Waals surface area contributed by atoms with Gasteiger partial charge in [0, 0.05) is 32.0 Å². The lowest BCUT2D eigenvalue weighted by atomic mass is 10.1. The average molecular weight is 396 g/mol. The fourth-order valence-corrected chi connectivity index (χ4v) is 3.06. The first kappa shape index (κ1) is 18.9. The van der Waals surface area contributed by atoms with Crippen LogP contribution in [-0.2, 0) is 0 Å². The molecule has 1 aromatic carbocycles. The summed E-state index contributed by atoms with van der Waals surface area (Å²) in [5, 5.41) is 0. The molecule has 150 valence electrons. The zero-order valence-electron chi connectivity index (χ0n) is 16.0. The summed E-state index contributed by atoms with van der Waals surface area (Å²) in [5.74, 6) is 1.15. The van der Waals surface area contributed by atoms with Crippen molar-refractivity contribution in [2.45, 2.75) is 25.9 Å². The SMILES string of the molecule is Cc1ccc(Oc2cc(N3CCC(Oc4ncc(F)c(N)n4)CC3)ncn2)cc1. The Morgan fingerprint density at radius 1 is 1.10 bits per heavy atom. The minimum Gasteiger partial charge on any atom is -0.460 e. The highest BCUT2D eigenvalue weighted by atomic mass is 19.1. The van der Waals surface area contributed by atoms with Gasteiger partial charge in [0.25, 0.3) is 0 Å². The monoisotopic (exact) mass is 396 g/mol. The molecule has 0 bridgehead atoms. The van der Waals surface area contributed by atoms with Crippen LogP contribution < -0.4 is 20.1 Å². The summed E-state index contributed by atoms with van der Waals surface area (Å²) in [4.78, 5) is 18.3. The molecule has 0 aliphatic carbocycles. The van der Waals surface area contributed by atoms with Gasteiger partial charge in [-0.2, -0.15) is 4.98 Å². The average Bonchev–Trinajstić information content (AvgIpc) is 2.73. The highest BCUT2D eigenvalue weighted by molar-refractivity contribution is 5.42. The molecule has 9 heteroatoms. The number of hydrogen-bond acceptors (Lipinski definition) is 8. The van der Waals surface area contributed by atoms with E-state index in [1.165, 1.54) is 11.9 Å². The van der Waals surface area contributed by atoms with Gasteiger partial charge in [-0.1, -0.05) is 17.7 Å². The van der Waals surface area contributed by atoms with Gasteiger partial charge in [-0.15, -0.1) is 0 Å². The molecule has 0 amide bonds. The van der Waals surface area contributed by atoms with Crippen molar-refractivity contribution in [3.8, 4) is 17.6 Å². The summed E-state index contributed by atoms with van der Waals surface area (Å²) in [6.45, 7) is 3.50. The second-order valence-corrected chi connectivity index (χ2v) is 6.82. The minimum atomic E-state index is -0.653. The number of ether oxygens (including phenoxy) is 2. The third-order valence-electron chi connectivity index (χ3n) is 4.66. The third kappa shape index (κ3) is 4.68. The number of aryl methyl sites for hydroxylation is 1. The molecule has 1 aliphatic heterocycles. The lowest BCUT2D eigenvalue weighted by Crippen LogP contribution is -2.39. The Bertz CT molecular complexity index is 977. The molecule has 0 unspecified atom stereocenters. The van der Waals surface area contributed by atoms with Gasteiger partial charge < -0.3 is 20.1 Å². The first-order valence-corrected chi connectivity index (χ1v) is 9.33. The topological polar surface area (TPSA) is 99.3 Å². The van der Waals surface area contributed by atoms with Crippen molar-refractivity contribution >= 4 is 11.6 Å². The van der Waals surface area contributed by atoms with Crippen LogP contribution in [0.1, 0.15) is 18.4 Å². The van der Waals surface area contributed by atoms with E-state index in [4.69, 9.17) is 15.2 Å². The number of nitrogens with two attached hydrogens (primary N) is 1. The number of halogens is 1. The van der Waals surface area contributed by atoms with Crippen molar-refractivity contribution in [2.24, 2.45) is 0 Å². The van der Waals surface area contributed by atoms with E-state index in [0.717, 1.165) is 43.7 Å². The molecule has 0 radical (unpaired) electrons. The van der Waals surface area contributed by atoms with Crippen LogP contribution >= 0.6 is 0 Å². The molecule has 1 saturated heterocycles. The number of hydrogen-bond donors (Lipinski definition) is 1. The molecule has 2 N–H and O–H groups in total. The number of nitrogen functional groups attached to an aromatic ring is 1. The van der Waals surface area contributed by atoms with Gasteiger partial charge in [0.2, 0.25) is 5.88 Å². The molecular weight excluding hydrogens is 375 g/mol. The van der Waals surface area contributed by atoms with E-state index in [9.17, 15) is 4.39 Å². The quantitative estimate of drug-likeness (QED) is 0.702. The second-order valence-electron chi connectivity index (χ2n) is 6.82. The van der Waals surface area contributed by atoms with Crippen molar-refractivity contribution in [2.75, 3.05) is 23.7 Å². The van der Waals surface area contributed by atoms with E-state index >= 15 is 0 Å². The van der Waals surface area contributed by atoms with Crippen LogP contribution in [-0.4, -0.2) is 39.1 Å². The normalized spacial score (nSPS) is 14.6. The Hall–Kier alpha value is -3.49. The Morgan fingerprint density at radius 2 is 1.86 bits per heavy atom. The van der Waals surface area contributed by atoms with Crippen LogP contribution in [0.2, 0.25) is 0 Å². The minimum absolute atomic E-state index is 0.0683. The van der Waals surface area contributed by atoms with Crippen molar-refractivity contribution < 1.29 is 13.9 Å². The van der Waals surface area contributed by atoms with Gasteiger partial charge in [-0.05, 0) is 19.1 Å². The van der Waals surface area contributed by atoms with Gasteiger partial charge in [-0.3, -0.25) is 0 Å². The molecule has 1 fully saturated rings. The van der Waals surface area contributed by atoms with E-state index in [1.807, 2.05) is 37.3 Å². The predicted octanol–water partition coefficient (Wildman–Crippen LogP) is 3.14. The number of rotatable bonds is 5. The van der Waals surface area contributed by atoms with Crippen LogP contribution in [0.15, 0.2) is 42.9 Å². The Morgan fingerprint density at radius 3 is 2.59 bits per heavy atom. The standard InChI is InChI=1S/C20H21FN6O2/c1-13-2-4-14(5-3-13)28-18-10-17(24-12-25-18)27-8-6-15(7-9-27)29-20-23-11-16(21)19(22)26-20/h2-5,10-12,15H,6-9H2,1H3,(H2,22,23,26). The van der Waals surface area contributed by atoms with Gasteiger partial charge in [0.05, 0.1) is 6.20 Å². The molecular formula is C20H21FN6O2. The van der Waals surface area contributed by atoms with Gasteiger partial charge in [0.15, 0.2) is 11.6 Å². The lowest BCUT2D eigenvalue weighted by Gasteiger charge is -2.32. The highest BCUT2D eigenvalue weighted by Gasteiger charge is 2.23. The van der Waals surface area contributed by atoms with Crippen LogP contribution in [0, 0.1) is 12.7 Å². The summed E-state index contributed by atoms with van der Waals surface area (Å²) in [6, 6.07) is 9.71. The molecule has 0 spiro atoms. The molecule has 0 atom stereocenters. The van der Waals surface area contributed by atoms with Crippen LogP contribution in [0.3, 0.4) is 0 Å². The van der Waals surface area contributed by atoms with Crippen LogP contribution in [0.5, 0.6) is 17.6 Å². The van der Waals surface area contributed by atoms with E-state index in [0.29, 0.717) is 5.88 Å². The number of nitrogens with zero attached hydrogens (tertiary/aromatic N) is 5. The number of anilines is 2. The van der Waals surface area contributed by atoms with Crippen molar-refractivity contribution in [3.63, 3.8) is 0 Å². The molecule has 8 nitrogen and oxygen atoms in total. The van der Waals surface area contributed by atoms with Gasteiger partial charge in [0.1, 0.15) is 24.0 Å². The maximum Gasteiger partial charge on any atom is 0.318 e. The zero-order valence-corrected chi connectivity index (χ0v) is 16.0. The molecule has 4 rings (SSSR count). The Balaban J connectivity index is 1.35. The van der Waals surface area contributed by atoms with Gasteiger partial charge >= 0.3 is 6.01 Å². The number of aromatic nitrogens is 4. The molecule has 29 heavy (non-hydrogen) atoms. The summed E-state index contributed by atoms with van der Waals surface area (Å²) in [6.07, 6.45) is 3.94. The maximum absolute atomic E-state index is 13.2. The Kier molecular flexibility index (Phi) is 5.37. The highest BCUT2D eigenvalue weighted by Crippen LogP contribution is 2.25. The van der Waals surface area contributed by atoms with Gasteiger partial charge in [-0.25, -0.2) is 19.3 Å². The fraction of sp³-hybridized carbons (Fsp3) is 0.300. The van der Waals surface area contributed by atoms with E-state index in [2.05, 4.69) is 24.8 Å². The maximum atomic E-state index is 13.2. The fourth-order valence-electron chi connectivity index (χ4n) is 3.06. The summed E-state index contributed by atoms with van der Waals surface area (Å²) < 4.78 is 24.7. The second kappa shape index (κ2) is 8.26. The summed E-state index contributed by atoms with van der Waals surface area (Å²) in [5.41, 5.74) is 6.63. The predicted molar refractivity (Wildman–Crippen MR) is 106 cm³/mol. The third-order valence-corrected chi connectivity index (χ3v) is 4.66. The van der Waals surface area contributed by atoms with Crippen LogP contribution in [0.25, 0.3) is 0 Å².